The number of likely N-dealkylation sites (tertiary alicyclic amines) is 1. The van der Waals surface area contributed by atoms with Gasteiger partial charge in [0.15, 0.2) is 17.5 Å². The first-order valence-corrected chi connectivity index (χ1v) is 12.3. The topological polar surface area (TPSA) is 130 Å². The van der Waals surface area contributed by atoms with Gasteiger partial charge in [-0.25, -0.2) is 19.3 Å². The van der Waals surface area contributed by atoms with Crippen molar-refractivity contribution in [2.75, 3.05) is 20.1 Å². The fourth-order valence-electron chi connectivity index (χ4n) is 4.91. The molecule has 0 saturated carbocycles. The van der Waals surface area contributed by atoms with E-state index >= 15 is 0 Å². The fraction of sp³-hybridized carbons (Fsp3) is 0.240. The maximum atomic E-state index is 15.0. The Morgan fingerprint density at radius 1 is 1.16 bits per heavy atom. The number of likely N-dealkylation sites (N-methyl/N-ethyl adjacent to an activating group) is 1. The molecule has 0 bridgehead atoms. The molecule has 38 heavy (non-hydrogen) atoms. The molecule has 5 aromatic rings. The predicted octanol–water partition coefficient (Wildman–Crippen LogP) is 3.14. The van der Waals surface area contributed by atoms with Crippen LogP contribution in [-0.4, -0.2) is 76.7 Å². The SMILES string of the molecule is CN1C[C@@H](NC(=O)c2cc(Cl)ccn2)C[C@@H](n2c(-c3ncccc3F)nc3cnc(-c4ncn[nH]4)cc32)C1. The van der Waals surface area contributed by atoms with E-state index in [1.165, 1.54) is 30.9 Å². The lowest BCUT2D eigenvalue weighted by Gasteiger charge is -2.37. The minimum atomic E-state index is -0.478. The molecule has 192 valence electrons. The smallest absolute Gasteiger partial charge is 0.270 e. The Labute approximate surface area is 221 Å². The summed E-state index contributed by atoms with van der Waals surface area (Å²) >= 11 is 6.05. The molecule has 1 fully saturated rings. The number of amides is 1. The summed E-state index contributed by atoms with van der Waals surface area (Å²) in [7, 11) is 1.98. The van der Waals surface area contributed by atoms with Crippen molar-refractivity contribution < 1.29 is 9.18 Å². The van der Waals surface area contributed by atoms with Gasteiger partial charge in [-0.15, -0.1) is 0 Å². The van der Waals surface area contributed by atoms with Gasteiger partial charge in [0.25, 0.3) is 5.91 Å². The third-order valence-electron chi connectivity index (χ3n) is 6.47. The maximum Gasteiger partial charge on any atom is 0.270 e. The normalized spacial score (nSPS) is 18.1. The van der Waals surface area contributed by atoms with Crippen LogP contribution in [0.15, 0.2) is 55.2 Å². The van der Waals surface area contributed by atoms with Gasteiger partial charge in [0, 0.05) is 36.5 Å². The van der Waals surface area contributed by atoms with Gasteiger partial charge in [-0.3, -0.25) is 19.9 Å². The fourth-order valence-corrected chi connectivity index (χ4v) is 5.07. The Morgan fingerprint density at radius 3 is 2.84 bits per heavy atom. The largest absolute Gasteiger partial charge is 0.347 e. The Bertz CT molecular complexity index is 1620. The van der Waals surface area contributed by atoms with Gasteiger partial charge in [0.1, 0.15) is 28.9 Å². The lowest BCUT2D eigenvalue weighted by atomic mass is 10.00. The third-order valence-corrected chi connectivity index (χ3v) is 6.70. The standard InChI is InChI=1S/C25H22ClFN10O/c1-36-11-15(33-25(38)19-7-14(26)4-6-28-19)8-16(12-36)37-21-9-18(23-31-13-32-35-23)30-10-20(21)34-24(37)22-17(27)3-2-5-29-22/h2-7,9-10,13,15-16H,8,11-12H2,1H3,(H,33,38)(H,31,32,35)/t15-,16+/m0/s1. The van der Waals surface area contributed by atoms with E-state index in [0.717, 1.165) is 5.52 Å². The zero-order valence-corrected chi connectivity index (χ0v) is 21.0. The number of halogens is 2. The average Bonchev–Trinajstić information content (AvgIpc) is 3.57. The number of piperidine rings is 1. The molecule has 6 heterocycles. The number of nitrogens with one attached hydrogen (secondary N) is 2. The van der Waals surface area contributed by atoms with Crippen LogP contribution in [0.2, 0.25) is 5.02 Å². The van der Waals surface area contributed by atoms with Gasteiger partial charge in [-0.2, -0.15) is 5.10 Å². The Hall–Kier alpha value is -4.29. The van der Waals surface area contributed by atoms with Gasteiger partial charge < -0.3 is 14.8 Å². The summed E-state index contributed by atoms with van der Waals surface area (Å²) in [5, 5.41) is 10.3. The van der Waals surface area contributed by atoms with Gasteiger partial charge >= 0.3 is 0 Å². The molecule has 2 atom stereocenters. The summed E-state index contributed by atoms with van der Waals surface area (Å²) in [5.74, 6) is 0.102. The van der Waals surface area contributed by atoms with Crippen molar-refractivity contribution in [2.45, 2.75) is 18.5 Å². The molecule has 0 radical (unpaired) electrons. The minimum Gasteiger partial charge on any atom is -0.347 e. The Morgan fingerprint density at radius 2 is 2.05 bits per heavy atom. The van der Waals surface area contributed by atoms with Crippen molar-refractivity contribution in [1.82, 2.24) is 49.9 Å². The number of carbonyl (C=O) groups is 1. The molecule has 1 saturated heterocycles. The van der Waals surface area contributed by atoms with Crippen molar-refractivity contribution in [3.05, 3.63) is 71.8 Å². The maximum absolute atomic E-state index is 15.0. The molecule has 11 nitrogen and oxygen atoms in total. The van der Waals surface area contributed by atoms with E-state index in [2.05, 4.69) is 40.3 Å². The molecule has 5 aromatic heterocycles. The van der Waals surface area contributed by atoms with Crippen molar-refractivity contribution in [1.29, 1.82) is 0 Å². The number of nitrogens with zero attached hydrogens (tertiary/aromatic N) is 8. The summed E-state index contributed by atoms with van der Waals surface area (Å²) < 4.78 is 16.9. The van der Waals surface area contributed by atoms with Crippen LogP contribution in [0, 0.1) is 5.82 Å². The first-order chi connectivity index (χ1) is 18.5. The number of hydrogen-bond acceptors (Lipinski definition) is 8. The number of H-pyrrole nitrogens is 1. The molecule has 6 rings (SSSR count). The molecule has 1 amide bonds. The summed E-state index contributed by atoms with van der Waals surface area (Å²) in [5.41, 5.74) is 2.29. The van der Waals surface area contributed by atoms with Crippen molar-refractivity contribution in [3.63, 3.8) is 0 Å². The average molecular weight is 533 g/mol. The molecule has 1 aliphatic rings. The van der Waals surface area contributed by atoms with Crippen LogP contribution in [0.4, 0.5) is 4.39 Å². The number of aromatic amines is 1. The van der Waals surface area contributed by atoms with Gasteiger partial charge in [-0.1, -0.05) is 11.6 Å². The van der Waals surface area contributed by atoms with Crippen molar-refractivity contribution in [3.8, 4) is 23.0 Å². The monoisotopic (exact) mass is 532 g/mol. The molecule has 0 aromatic carbocycles. The molecule has 13 heteroatoms. The number of hydrogen-bond donors (Lipinski definition) is 2. The van der Waals surface area contributed by atoms with Crippen LogP contribution in [0.25, 0.3) is 34.1 Å². The molecular formula is C25H22ClFN10O. The van der Waals surface area contributed by atoms with Crippen LogP contribution in [-0.2, 0) is 0 Å². The summed E-state index contributed by atoms with van der Waals surface area (Å²) in [6.45, 7) is 1.28. The van der Waals surface area contributed by atoms with E-state index in [1.54, 1.807) is 18.3 Å². The van der Waals surface area contributed by atoms with Crippen molar-refractivity contribution in [2.24, 2.45) is 0 Å². The van der Waals surface area contributed by atoms with Crippen LogP contribution < -0.4 is 5.32 Å². The molecule has 0 spiro atoms. The van der Waals surface area contributed by atoms with E-state index in [-0.39, 0.29) is 29.4 Å². The zero-order chi connectivity index (χ0) is 26.2. The molecule has 2 N–H and O–H groups in total. The lowest BCUT2D eigenvalue weighted by Crippen LogP contribution is -2.50. The van der Waals surface area contributed by atoms with E-state index in [9.17, 15) is 9.18 Å². The third kappa shape index (κ3) is 4.59. The van der Waals surface area contributed by atoms with E-state index in [0.29, 0.717) is 47.4 Å². The van der Waals surface area contributed by atoms with Crippen LogP contribution in [0.3, 0.4) is 0 Å². The Balaban J connectivity index is 1.41. The molecular weight excluding hydrogens is 511 g/mol. The number of pyridine rings is 3. The number of fused-ring (bicyclic) bond motifs is 1. The lowest BCUT2D eigenvalue weighted by molar-refractivity contribution is 0.0889. The number of aromatic nitrogens is 8. The second-order valence-electron chi connectivity index (χ2n) is 9.17. The highest BCUT2D eigenvalue weighted by Gasteiger charge is 2.32. The first kappa shape index (κ1) is 24.1. The minimum absolute atomic E-state index is 0.141. The summed E-state index contributed by atoms with van der Waals surface area (Å²) in [6, 6.07) is 7.53. The first-order valence-electron chi connectivity index (χ1n) is 11.9. The molecule has 0 unspecified atom stereocenters. The van der Waals surface area contributed by atoms with Gasteiger partial charge in [0.2, 0.25) is 0 Å². The molecule has 1 aliphatic heterocycles. The van der Waals surface area contributed by atoms with Crippen molar-refractivity contribution >= 4 is 28.5 Å². The second kappa shape index (κ2) is 9.88. The quantitative estimate of drug-likeness (QED) is 0.353. The van der Waals surface area contributed by atoms with Crippen LogP contribution >= 0.6 is 11.6 Å². The van der Waals surface area contributed by atoms with Gasteiger partial charge in [-0.05, 0) is 43.8 Å². The van der Waals surface area contributed by atoms with E-state index in [4.69, 9.17) is 16.6 Å². The van der Waals surface area contributed by atoms with Gasteiger partial charge in [0.05, 0.1) is 17.8 Å². The second-order valence-corrected chi connectivity index (χ2v) is 9.61. The number of carbonyl (C=O) groups excluding carboxylic acids is 1. The predicted molar refractivity (Wildman–Crippen MR) is 138 cm³/mol. The van der Waals surface area contributed by atoms with Crippen LogP contribution in [0.1, 0.15) is 23.0 Å². The van der Waals surface area contributed by atoms with E-state index in [1.807, 2.05) is 17.7 Å². The molecule has 0 aliphatic carbocycles. The number of imidazole rings is 1. The highest BCUT2D eigenvalue weighted by atomic mass is 35.5. The zero-order valence-electron chi connectivity index (χ0n) is 20.2. The highest BCUT2D eigenvalue weighted by molar-refractivity contribution is 6.30. The van der Waals surface area contributed by atoms with Crippen LogP contribution in [0.5, 0.6) is 0 Å². The summed E-state index contributed by atoms with van der Waals surface area (Å²) in [4.78, 5) is 36.9. The summed E-state index contributed by atoms with van der Waals surface area (Å²) in [6.07, 6.45) is 6.65. The highest BCUT2D eigenvalue weighted by Crippen LogP contribution is 2.33. The number of rotatable bonds is 5. The Kier molecular flexibility index (Phi) is 6.26. The van der Waals surface area contributed by atoms with E-state index < -0.39 is 5.82 Å².